The van der Waals surface area contributed by atoms with Gasteiger partial charge in [0, 0.05) is 30.4 Å². The summed E-state index contributed by atoms with van der Waals surface area (Å²) >= 11 is 5.84. The first-order valence-corrected chi connectivity index (χ1v) is 7.68. The molecule has 110 valence electrons. The second-order valence-electron chi connectivity index (χ2n) is 5.35. The molecule has 2 heterocycles. The lowest BCUT2D eigenvalue weighted by molar-refractivity contribution is 0.0944. The van der Waals surface area contributed by atoms with Gasteiger partial charge in [-0.1, -0.05) is 18.0 Å². The van der Waals surface area contributed by atoms with E-state index in [1.165, 1.54) is 25.8 Å². The number of nitrogens with zero attached hydrogens (tertiary/aromatic N) is 2. The van der Waals surface area contributed by atoms with E-state index in [1.807, 2.05) is 0 Å². The predicted octanol–water partition coefficient (Wildman–Crippen LogP) is 2.73. The molecule has 20 heavy (non-hydrogen) atoms. The number of carbonyl (C=O) groups is 1. The van der Waals surface area contributed by atoms with Crippen LogP contribution >= 0.6 is 11.6 Å². The van der Waals surface area contributed by atoms with Crippen molar-refractivity contribution in [1.82, 2.24) is 15.2 Å². The van der Waals surface area contributed by atoms with Gasteiger partial charge in [-0.2, -0.15) is 0 Å². The maximum absolute atomic E-state index is 11.9. The van der Waals surface area contributed by atoms with Crippen LogP contribution in [-0.4, -0.2) is 41.5 Å². The van der Waals surface area contributed by atoms with Crippen LogP contribution in [0.1, 0.15) is 43.1 Å². The summed E-state index contributed by atoms with van der Waals surface area (Å²) in [7, 11) is 0. The molecule has 5 heteroatoms. The van der Waals surface area contributed by atoms with E-state index < -0.39 is 0 Å². The monoisotopic (exact) mass is 295 g/mol. The van der Waals surface area contributed by atoms with Crippen molar-refractivity contribution in [3.63, 3.8) is 0 Å². The molecule has 0 spiro atoms. The van der Waals surface area contributed by atoms with E-state index in [0.717, 1.165) is 13.0 Å². The van der Waals surface area contributed by atoms with Crippen LogP contribution in [0.2, 0.25) is 5.02 Å². The molecule has 1 unspecified atom stereocenters. The van der Waals surface area contributed by atoms with Crippen LogP contribution in [0.4, 0.5) is 0 Å². The fourth-order valence-electron chi connectivity index (χ4n) is 2.59. The highest BCUT2D eigenvalue weighted by molar-refractivity contribution is 6.30. The Kier molecular flexibility index (Phi) is 5.80. The quantitative estimate of drug-likeness (QED) is 0.850. The summed E-state index contributed by atoms with van der Waals surface area (Å²) in [5.41, 5.74) is 0.379. The lowest BCUT2D eigenvalue weighted by atomic mass is 10.0. The van der Waals surface area contributed by atoms with E-state index >= 15 is 0 Å². The zero-order chi connectivity index (χ0) is 14.4. The minimum atomic E-state index is -0.154. The molecule has 4 nitrogen and oxygen atoms in total. The molecule has 1 atom stereocenters. The Morgan fingerprint density at radius 2 is 2.40 bits per heavy atom. The van der Waals surface area contributed by atoms with Crippen LogP contribution in [0.5, 0.6) is 0 Å². The van der Waals surface area contributed by atoms with Crippen molar-refractivity contribution in [3.8, 4) is 0 Å². The first-order valence-electron chi connectivity index (χ1n) is 7.30. The number of piperidine rings is 1. The van der Waals surface area contributed by atoms with E-state index in [2.05, 4.69) is 22.1 Å². The number of amides is 1. The summed E-state index contributed by atoms with van der Waals surface area (Å²) in [5.74, 6) is -0.154. The molecule has 1 N–H and O–H groups in total. The first kappa shape index (κ1) is 15.3. The fraction of sp³-hybridized carbons (Fsp3) is 0.600. The molecule has 1 amide bonds. The summed E-state index contributed by atoms with van der Waals surface area (Å²) in [6.07, 6.45) is 6.44. The number of hydrogen-bond acceptors (Lipinski definition) is 3. The number of nitrogens with one attached hydrogen (secondary N) is 1. The lowest BCUT2D eigenvalue weighted by Crippen LogP contribution is -2.39. The Bertz CT molecular complexity index is 452. The highest BCUT2D eigenvalue weighted by Crippen LogP contribution is 2.16. The minimum absolute atomic E-state index is 0.154. The topological polar surface area (TPSA) is 45.2 Å². The second-order valence-corrected chi connectivity index (χ2v) is 5.79. The summed E-state index contributed by atoms with van der Waals surface area (Å²) in [6.45, 7) is 5.19. The minimum Gasteiger partial charge on any atom is -0.351 e. The van der Waals surface area contributed by atoms with Crippen molar-refractivity contribution in [2.45, 2.75) is 38.6 Å². The average molecular weight is 296 g/mol. The van der Waals surface area contributed by atoms with E-state index in [9.17, 15) is 4.79 Å². The van der Waals surface area contributed by atoms with Gasteiger partial charge >= 0.3 is 0 Å². The van der Waals surface area contributed by atoms with Gasteiger partial charge in [0.05, 0.1) is 0 Å². The molecule has 1 aliphatic heterocycles. The molecule has 1 fully saturated rings. The van der Waals surface area contributed by atoms with Gasteiger partial charge in [0.15, 0.2) is 0 Å². The molecule has 1 saturated heterocycles. The molecular formula is C15H22ClN3O. The Balaban J connectivity index is 1.69. The first-order chi connectivity index (χ1) is 9.66. The van der Waals surface area contributed by atoms with Crippen LogP contribution in [0, 0.1) is 0 Å². The van der Waals surface area contributed by atoms with Crippen molar-refractivity contribution < 1.29 is 4.79 Å². The van der Waals surface area contributed by atoms with Crippen LogP contribution < -0.4 is 5.32 Å². The van der Waals surface area contributed by atoms with Gasteiger partial charge in [-0.15, -0.1) is 0 Å². The molecular weight excluding hydrogens is 274 g/mol. The van der Waals surface area contributed by atoms with Crippen molar-refractivity contribution >= 4 is 17.5 Å². The molecule has 0 aromatic carbocycles. The van der Waals surface area contributed by atoms with Gasteiger partial charge in [0.25, 0.3) is 5.91 Å². The summed E-state index contributed by atoms with van der Waals surface area (Å²) < 4.78 is 0. The Morgan fingerprint density at radius 3 is 3.15 bits per heavy atom. The summed E-state index contributed by atoms with van der Waals surface area (Å²) in [5, 5.41) is 3.43. The van der Waals surface area contributed by atoms with Crippen LogP contribution in [0.25, 0.3) is 0 Å². The Hall–Kier alpha value is -1.13. The van der Waals surface area contributed by atoms with E-state index in [1.54, 1.807) is 18.3 Å². The van der Waals surface area contributed by atoms with E-state index in [-0.39, 0.29) is 5.91 Å². The van der Waals surface area contributed by atoms with Crippen LogP contribution in [0.15, 0.2) is 18.3 Å². The van der Waals surface area contributed by atoms with Crippen molar-refractivity contribution in [2.75, 3.05) is 19.6 Å². The molecule has 1 aromatic rings. The molecule has 0 saturated carbocycles. The smallest absolute Gasteiger partial charge is 0.269 e. The molecule has 0 aliphatic carbocycles. The molecule has 2 rings (SSSR count). The molecule has 1 aliphatic rings. The number of halogens is 1. The van der Waals surface area contributed by atoms with E-state index in [4.69, 9.17) is 11.6 Å². The number of aromatic nitrogens is 1. The number of hydrogen-bond donors (Lipinski definition) is 1. The van der Waals surface area contributed by atoms with Gasteiger partial charge < -0.3 is 10.2 Å². The Morgan fingerprint density at radius 1 is 1.55 bits per heavy atom. The second kappa shape index (κ2) is 7.60. The lowest BCUT2D eigenvalue weighted by Gasteiger charge is -2.33. The van der Waals surface area contributed by atoms with Crippen LogP contribution in [0.3, 0.4) is 0 Å². The normalized spacial score (nSPS) is 19.8. The van der Waals surface area contributed by atoms with Gasteiger partial charge in [0.1, 0.15) is 5.69 Å². The largest absolute Gasteiger partial charge is 0.351 e. The Labute approximate surface area is 125 Å². The standard InChI is InChI=1S/C15H22ClN3O/c1-12-5-2-3-9-19(12)10-4-7-18-15(20)14-11-13(16)6-8-17-14/h6,8,11-12H,2-5,7,9-10H2,1H3,(H,18,20). The van der Waals surface area contributed by atoms with Gasteiger partial charge in [-0.3, -0.25) is 9.78 Å². The van der Waals surface area contributed by atoms with Crippen LogP contribution in [-0.2, 0) is 0 Å². The van der Waals surface area contributed by atoms with Crippen molar-refractivity contribution in [3.05, 3.63) is 29.0 Å². The third-order valence-electron chi connectivity index (χ3n) is 3.80. The average Bonchev–Trinajstić information content (AvgIpc) is 2.45. The zero-order valence-corrected chi connectivity index (χ0v) is 12.7. The number of carbonyl (C=O) groups excluding carboxylic acids is 1. The highest BCUT2D eigenvalue weighted by atomic mass is 35.5. The number of rotatable bonds is 5. The number of likely N-dealkylation sites (tertiary alicyclic amines) is 1. The zero-order valence-electron chi connectivity index (χ0n) is 11.9. The maximum atomic E-state index is 11.9. The third-order valence-corrected chi connectivity index (χ3v) is 4.04. The fourth-order valence-corrected chi connectivity index (χ4v) is 2.75. The SMILES string of the molecule is CC1CCCCN1CCCNC(=O)c1cc(Cl)ccn1. The van der Waals surface area contributed by atoms with Crippen molar-refractivity contribution in [2.24, 2.45) is 0 Å². The van der Waals surface area contributed by atoms with Gasteiger partial charge in [-0.25, -0.2) is 0 Å². The van der Waals surface area contributed by atoms with Crippen molar-refractivity contribution in [1.29, 1.82) is 0 Å². The summed E-state index contributed by atoms with van der Waals surface area (Å²) in [4.78, 5) is 18.4. The predicted molar refractivity (Wildman–Crippen MR) is 81.1 cm³/mol. The molecule has 0 bridgehead atoms. The van der Waals surface area contributed by atoms with E-state index in [0.29, 0.717) is 23.3 Å². The maximum Gasteiger partial charge on any atom is 0.269 e. The summed E-state index contributed by atoms with van der Waals surface area (Å²) in [6, 6.07) is 3.92. The molecule has 0 radical (unpaired) electrons. The van der Waals surface area contributed by atoms with Gasteiger partial charge in [-0.05, 0) is 44.9 Å². The van der Waals surface area contributed by atoms with Gasteiger partial charge in [0.2, 0.25) is 0 Å². The molecule has 1 aromatic heterocycles. The third kappa shape index (κ3) is 4.46. The highest BCUT2D eigenvalue weighted by Gasteiger charge is 2.17. The number of pyridine rings is 1.